The van der Waals surface area contributed by atoms with Crippen LogP contribution in [0.3, 0.4) is 0 Å². The molecule has 152 valence electrons. The van der Waals surface area contributed by atoms with E-state index >= 15 is 0 Å². The van der Waals surface area contributed by atoms with Crippen LogP contribution in [0, 0.1) is 6.92 Å². The van der Waals surface area contributed by atoms with Gasteiger partial charge in [0.25, 0.3) is 5.91 Å². The van der Waals surface area contributed by atoms with E-state index in [1.54, 1.807) is 12.4 Å². The van der Waals surface area contributed by atoms with E-state index in [1.165, 1.54) is 0 Å². The molecule has 1 aliphatic heterocycles. The summed E-state index contributed by atoms with van der Waals surface area (Å²) >= 11 is 0. The number of hydrogen-bond donors (Lipinski definition) is 2. The standard InChI is InChI=1S/C24H24N4O2/c1-16-12-19-20(6-9-25-22(19)27-16)24(15-29)7-10-28(11-8-24)23(30)21-13-17-4-2-3-5-18(17)14-26-21/h2-6,9,12-14,29H,7-8,10-11,15H2,1H3,(H,25,27). The number of carbonyl (C=O) groups excluding carboxylic acids is 1. The number of amides is 1. The van der Waals surface area contributed by atoms with Crippen LogP contribution in [0.1, 0.15) is 34.6 Å². The summed E-state index contributed by atoms with van der Waals surface area (Å²) < 4.78 is 0. The molecule has 0 atom stereocenters. The molecule has 3 aromatic heterocycles. The van der Waals surface area contributed by atoms with Crippen LogP contribution < -0.4 is 0 Å². The van der Waals surface area contributed by atoms with Crippen molar-refractivity contribution in [3.8, 4) is 0 Å². The molecule has 6 heteroatoms. The van der Waals surface area contributed by atoms with Gasteiger partial charge in [-0.05, 0) is 48.9 Å². The molecular weight excluding hydrogens is 376 g/mol. The van der Waals surface area contributed by atoms with E-state index in [0.717, 1.165) is 33.1 Å². The maximum absolute atomic E-state index is 13.1. The fourth-order valence-electron chi connectivity index (χ4n) is 4.63. The van der Waals surface area contributed by atoms with Gasteiger partial charge in [-0.2, -0.15) is 0 Å². The third-order valence-electron chi connectivity index (χ3n) is 6.40. The van der Waals surface area contributed by atoms with Crippen LogP contribution in [0.25, 0.3) is 21.8 Å². The lowest BCUT2D eigenvalue weighted by Gasteiger charge is -2.41. The molecule has 6 nitrogen and oxygen atoms in total. The zero-order valence-corrected chi connectivity index (χ0v) is 16.9. The third-order valence-corrected chi connectivity index (χ3v) is 6.40. The van der Waals surface area contributed by atoms with E-state index in [1.807, 2.05) is 48.2 Å². The third kappa shape index (κ3) is 3.04. The molecule has 1 amide bonds. The van der Waals surface area contributed by atoms with Gasteiger partial charge in [0.15, 0.2) is 0 Å². The molecule has 2 N–H and O–H groups in total. The molecule has 0 aliphatic carbocycles. The average molecular weight is 400 g/mol. The average Bonchev–Trinajstić information content (AvgIpc) is 3.18. The highest BCUT2D eigenvalue weighted by molar-refractivity contribution is 5.96. The Morgan fingerprint density at radius 2 is 1.90 bits per heavy atom. The van der Waals surface area contributed by atoms with Gasteiger partial charge in [-0.3, -0.25) is 9.78 Å². The highest BCUT2D eigenvalue weighted by Crippen LogP contribution is 2.39. The van der Waals surface area contributed by atoms with E-state index in [4.69, 9.17) is 0 Å². The van der Waals surface area contributed by atoms with E-state index < -0.39 is 0 Å². The van der Waals surface area contributed by atoms with Gasteiger partial charge in [-0.15, -0.1) is 0 Å². The minimum Gasteiger partial charge on any atom is -0.395 e. The quantitative estimate of drug-likeness (QED) is 0.551. The predicted molar refractivity (Wildman–Crippen MR) is 116 cm³/mol. The number of likely N-dealkylation sites (tertiary alicyclic amines) is 1. The van der Waals surface area contributed by atoms with Crippen molar-refractivity contribution in [2.75, 3.05) is 19.7 Å². The van der Waals surface area contributed by atoms with Crippen LogP contribution in [0.15, 0.2) is 54.9 Å². The number of hydrogen-bond acceptors (Lipinski definition) is 4. The zero-order valence-electron chi connectivity index (χ0n) is 16.9. The lowest BCUT2D eigenvalue weighted by atomic mass is 9.72. The number of aromatic nitrogens is 3. The summed E-state index contributed by atoms with van der Waals surface area (Å²) in [6.45, 7) is 3.23. The molecule has 0 radical (unpaired) electrons. The predicted octanol–water partition coefficient (Wildman–Crippen LogP) is 3.59. The monoisotopic (exact) mass is 400 g/mol. The second-order valence-electron chi connectivity index (χ2n) is 8.22. The number of benzene rings is 1. The van der Waals surface area contributed by atoms with Crippen LogP contribution in [0.4, 0.5) is 0 Å². The van der Waals surface area contributed by atoms with Crippen LogP contribution >= 0.6 is 0 Å². The smallest absolute Gasteiger partial charge is 0.272 e. The molecule has 0 unspecified atom stereocenters. The molecule has 0 spiro atoms. The minimum atomic E-state index is -0.372. The number of H-pyrrole nitrogens is 1. The molecule has 1 saturated heterocycles. The normalized spacial score (nSPS) is 16.3. The summed E-state index contributed by atoms with van der Waals surface area (Å²) in [5, 5.41) is 13.5. The van der Waals surface area contributed by atoms with Crippen LogP contribution in [0.2, 0.25) is 0 Å². The van der Waals surface area contributed by atoms with E-state index in [2.05, 4.69) is 21.0 Å². The van der Waals surface area contributed by atoms with Gasteiger partial charge < -0.3 is 15.0 Å². The van der Waals surface area contributed by atoms with Gasteiger partial charge in [0.2, 0.25) is 0 Å². The second-order valence-corrected chi connectivity index (χ2v) is 8.22. The number of pyridine rings is 2. The topological polar surface area (TPSA) is 82.1 Å². The fraction of sp³-hybridized carbons (Fsp3) is 0.292. The number of nitrogens with zero attached hydrogens (tertiary/aromatic N) is 3. The highest BCUT2D eigenvalue weighted by atomic mass is 16.3. The van der Waals surface area contributed by atoms with Crippen LogP contribution in [-0.2, 0) is 5.41 Å². The Bertz CT molecular complexity index is 1240. The molecule has 4 heterocycles. The van der Waals surface area contributed by atoms with E-state index in [0.29, 0.717) is 31.6 Å². The maximum Gasteiger partial charge on any atom is 0.272 e. The number of rotatable bonds is 3. The SMILES string of the molecule is Cc1cc2c(C3(CO)CCN(C(=O)c4cc5ccccc5cn4)CC3)ccnc2[nH]1. The number of aryl methyl sites for hydroxylation is 1. The first-order valence-electron chi connectivity index (χ1n) is 10.3. The second kappa shape index (κ2) is 7.22. The number of carbonyl (C=O) groups is 1. The van der Waals surface area contributed by atoms with Crippen molar-refractivity contribution in [3.05, 3.63) is 71.8 Å². The minimum absolute atomic E-state index is 0.0482. The molecule has 5 rings (SSSR count). The Morgan fingerprint density at radius 1 is 1.13 bits per heavy atom. The van der Waals surface area contributed by atoms with Gasteiger partial charge in [0.05, 0.1) is 6.61 Å². The Balaban J connectivity index is 1.40. The summed E-state index contributed by atoms with van der Waals surface area (Å²) in [6.07, 6.45) is 4.95. The molecular formula is C24H24N4O2. The zero-order chi connectivity index (χ0) is 20.7. The molecule has 0 bridgehead atoms. The van der Waals surface area contributed by atoms with E-state index in [-0.39, 0.29) is 17.9 Å². The summed E-state index contributed by atoms with van der Waals surface area (Å²) in [5.74, 6) is -0.0512. The van der Waals surface area contributed by atoms with Crippen molar-refractivity contribution >= 4 is 27.7 Å². The Kier molecular flexibility index (Phi) is 4.51. The molecule has 1 aromatic carbocycles. The summed E-state index contributed by atoms with van der Waals surface area (Å²) in [6, 6.07) is 13.9. The fourth-order valence-corrected chi connectivity index (χ4v) is 4.63. The van der Waals surface area contributed by atoms with Gasteiger partial charge in [0.1, 0.15) is 11.3 Å². The van der Waals surface area contributed by atoms with Crippen molar-refractivity contribution in [2.45, 2.75) is 25.2 Å². The largest absolute Gasteiger partial charge is 0.395 e. The molecule has 0 saturated carbocycles. The van der Waals surface area contributed by atoms with E-state index in [9.17, 15) is 9.90 Å². The summed E-state index contributed by atoms with van der Waals surface area (Å²) in [7, 11) is 0. The number of aliphatic hydroxyl groups is 1. The first-order chi connectivity index (χ1) is 14.6. The van der Waals surface area contributed by atoms with Gasteiger partial charge in [0, 0.05) is 47.4 Å². The Morgan fingerprint density at radius 3 is 2.67 bits per heavy atom. The van der Waals surface area contributed by atoms with Crippen molar-refractivity contribution in [1.82, 2.24) is 19.9 Å². The molecule has 1 aliphatic rings. The number of aromatic amines is 1. The molecule has 30 heavy (non-hydrogen) atoms. The highest BCUT2D eigenvalue weighted by Gasteiger charge is 2.38. The molecule has 4 aromatic rings. The maximum atomic E-state index is 13.1. The lowest BCUT2D eigenvalue weighted by molar-refractivity contribution is 0.0590. The number of aliphatic hydroxyl groups excluding tert-OH is 1. The molecule has 1 fully saturated rings. The summed E-state index contributed by atoms with van der Waals surface area (Å²) in [5.41, 5.74) is 3.10. The number of piperidine rings is 1. The first kappa shape index (κ1) is 18.8. The van der Waals surface area contributed by atoms with Gasteiger partial charge in [-0.25, -0.2) is 4.98 Å². The first-order valence-corrected chi connectivity index (χ1v) is 10.3. The van der Waals surface area contributed by atoms with Crippen molar-refractivity contribution < 1.29 is 9.90 Å². The van der Waals surface area contributed by atoms with Crippen molar-refractivity contribution in [1.29, 1.82) is 0 Å². The number of nitrogens with one attached hydrogen (secondary N) is 1. The Labute approximate surface area is 174 Å². The number of fused-ring (bicyclic) bond motifs is 2. The summed E-state index contributed by atoms with van der Waals surface area (Å²) in [4.78, 5) is 27.0. The Hall–Kier alpha value is -3.25. The van der Waals surface area contributed by atoms with Crippen molar-refractivity contribution in [2.24, 2.45) is 0 Å². The lowest BCUT2D eigenvalue weighted by Crippen LogP contribution is -2.47. The van der Waals surface area contributed by atoms with Crippen molar-refractivity contribution in [3.63, 3.8) is 0 Å². The van der Waals surface area contributed by atoms with Crippen LogP contribution in [0.5, 0.6) is 0 Å². The van der Waals surface area contributed by atoms with Crippen LogP contribution in [-0.4, -0.2) is 50.6 Å². The van der Waals surface area contributed by atoms with Gasteiger partial charge >= 0.3 is 0 Å². The van der Waals surface area contributed by atoms with Gasteiger partial charge in [-0.1, -0.05) is 24.3 Å².